The summed E-state index contributed by atoms with van der Waals surface area (Å²) in [4.78, 5) is -0.568. The fourth-order valence-electron chi connectivity index (χ4n) is 2.19. The van der Waals surface area contributed by atoms with E-state index < -0.39 is 36.6 Å². The van der Waals surface area contributed by atoms with Crippen LogP contribution in [0.1, 0.15) is 6.42 Å². The Balaban J connectivity index is 2.43. The van der Waals surface area contributed by atoms with Gasteiger partial charge >= 0.3 is 0 Å². The van der Waals surface area contributed by atoms with Crippen LogP contribution in [-0.4, -0.2) is 45.7 Å². The second-order valence-corrected chi connectivity index (χ2v) is 9.94. The molecule has 1 atom stereocenters. The van der Waals surface area contributed by atoms with Gasteiger partial charge in [-0.1, -0.05) is 0 Å². The van der Waals surface area contributed by atoms with E-state index in [1.165, 1.54) is 13.1 Å². The number of sulfonamides is 1. The van der Waals surface area contributed by atoms with Crippen molar-refractivity contribution in [2.45, 2.75) is 17.4 Å². The molecule has 0 aliphatic carbocycles. The first-order valence-corrected chi connectivity index (χ1v) is 10.0. The van der Waals surface area contributed by atoms with Crippen LogP contribution in [0.15, 0.2) is 21.5 Å². The fourth-order valence-corrected chi connectivity index (χ4v) is 6.17. The zero-order valence-electron chi connectivity index (χ0n) is 11.1. The summed E-state index contributed by atoms with van der Waals surface area (Å²) < 4.78 is 62.8. The normalized spacial score (nSPS) is 21.8. The topological polar surface area (TPSA) is 97.5 Å². The lowest BCUT2D eigenvalue weighted by Crippen LogP contribution is -2.38. The van der Waals surface area contributed by atoms with Crippen LogP contribution in [0.3, 0.4) is 0 Å². The van der Waals surface area contributed by atoms with Crippen LogP contribution in [-0.2, 0) is 19.9 Å². The third-order valence-electron chi connectivity index (χ3n) is 3.40. The van der Waals surface area contributed by atoms with Crippen molar-refractivity contribution in [2.24, 2.45) is 0 Å². The predicted molar refractivity (Wildman–Crippen MR) is 80.5 cm³/mol. The van der Waals surface area contributed by atoms with Gasteiger partial charge in [0.1, 0.15) is 4.90 Å². The lowest BCUT2D eigenvalue weighted by atomic mass is 10.3. The van der Waals surface area contributed by atoms with Crippen molar-refractivity contribution < 1.29 is 21.2 Å². The Kier molecular flexibility index (Phi) is 4.35. The lowest BCUT2D eigenvalue weighted by molar-refractivity contribution is 0.391. The molecular formula is C11H14BrFN2O4S2. The van der Waals surface area contributed by atoms with Gasteiger partial charge in [0.05, 0.1) is 16.0 Å². The van der Waals surface area contributed by atoms with E-state index in [0.717, 1.165) is 10.4 Å². The second kappa shape index (κ2) is 5.49. The average Bonchev–Trinajstić information content (AvgIpc) is 2.73. The zero-order valence-corrected chi connectivity index (χ0v) is 14.3. The van der Waals surface area contributed by atoms with E-state index in [0.29, 0.717) is 0 Å². The summed E-state index contributed by atoms with van der Waals surface area (Å²) in [6.45, 7) is 0. The van der Waals surface area contributed by atoms with Gasteiger partial charge in [-0.05, 0) is 34.5 Å². The minimum absolute atomic E-state index is 0.0616. The highest BCUT2D eigenvalue weighted by molar-refractivity contribution is 9.10. The minimum atomic E-state index is -4.16. The van der Waals surface area contributed by atoms with Gasteiger partial charge in [-0.2, -0.15) is 4.31 Å². The van der Waals surface area contributed by atoms with E-state index in [9.17, 15) is 21.2 Å². The number of anilines is 1. The summed E-state index contributed by atoms with van der Waals surface area (Å²) >= 11 is 2.91. The molecule has 1 heterocycles. The third-order valence-corrected chi connectivity index (χ3v) is 7.63. The molecule has 1 aliphatic rings. The number of hydrogen-bond acceptors (Lipinski definition) is 5. The van der Waals surface area contributed by atoms with Crippen LogP contribution < -0.4 is 5.73 Å². The van der Waals surface area contributed by atoms with Crippen LogP contribution in [0, 0.1) is 5.82 Å². The van der Waals surface area contributed by atoms with E-state index in [1.807, 2.05) is 0 Å². The number of rotatable bonds is 3. The molecule has 1 aromatic carbocycles. The maximum Gasteiger partial charge on any atom is 0.246 e. The van der Waals surface area contributed by atoms with Crippen LogP contribution in [0.5, 0.6) is 0 Å². The molecular weight excluding hydrogens is 387 g/mol. The highest BCUT2D eigenvalue weighted by atomic mass is 79.9. The first kappa shape index (κ1) is 16.7. The molecule has 1 fully saturated rings. The largest absolute Gasteiger partial charge is 0.399 e. The van der Waals surface area contributed by atoms with Crippen molar-refractivity contribution in [3.8, 4) is 0 Å². The average molecular weight is 401 g/mol. The predicted octanol–water partition coefficient (Wildman–Crippen LogP) is 0.978. The molecule has 0 saturated carbocycles. The molecule has 21 heavy (non-hydrogen) atoms. The number of nitrogens with zero attached hydrogens (tertiary/aromatic N) is 1. The van der Waals surface area contributed by atoms with Gasteiger partial charge in [0.25, 0.3) is 0 Å². The van der Waals surface area contributed by atoms with Crippen molar-refractivity contribution in [1.29, 1.82) is 0 Å². The SMILES string of the molecule is CN(C1CCS(=O)(=O)C1)S(=O)(=O)c1cc(N)cc(Br)c1F. The summed E-state index contributed by atoms with van der Waals surface area (Å²) in [5, 5.41) is 0. The molecule has 0 spiro atoms. The Labute approximate surface area is 131 Å². The first-order chi connectivity index (χ1) is 9.54. The molecule has 1 aliphatic heterocycles. The van der Waals surface area contributed by atoms with Gasteiger partial charge in [-0.25, -0.2) is 21.2 Å². The van der Waals surface area contributed by atoms with E-state index in [-0.39, 0.29) is 28.1 Å². The van der Waals surface area contributed by atoms with Gasteiger partial charge in [0.2, 0.25) is 10.0 Å². The number of hydrogen-bond donors (Lipinski definition) is 1. The Morgan fingerprint density at radius 3 is 2.57 bits per heavy atom. The molecule has 1 saturated heterocycles. The molecule has 10 heteroatoms. The van der Waals surface area contributed by atoms with Crippen molar-refractivity contribution in [1.82, 2.24) is 4.31 Å². The molecule has 1 unspecified atom stereocenters. The van der Waals surface area contributed by atoms with Gasteiger partial charge in [0.15, 0.2) is 15.7 Å². The Bertz CT molecular complexity index is 780. The standard InChI is InChI=1S/C11H14BrFN2O4S2/c1-15(8-2-3-20(16,17)6-8)21(18,19)10-5-7(14)4-9(12)11(10)13/h4-5,8H,2-3,6,14H2,1H3. The summed E-state index contributed by atoms with van der Waals surface area (Å²) in [6.07, 6.45) is 0.198. The van der Waals surface area contributed by atoms with Gasteiger partial charge in [-0.15, -0.1) is 0 Å². The van der Waals surface area contributed by atoms with Gasteiger partial charge < -0.3 is 5.73 Å². The molecule has 6 nitrogen and oxygen atoms in total. The summed E-state index contributed by atoms with van der Waals surface area (Å²) in [5.41, 5.74) is 5.64. The Hall–Kier alpha value is -0.710. The van der Waals surface area contributed by atoms with Crippen LogP contribution in [0.2, 0.25) is 0 Å². The number of sulfone groups is 1. The van der Waals surface area contributed by atoms with Crippen LogP contribution in [0.25, 0.3) is 0 Å². The van der Waals surface area contributed by atoms with Crippen molar-refractivity contribution in [3.63, 3.8) is 0 Å². The maximum absolute atomic E-state index is 14.1. The Morgan fingerprint density at radius 2 is 2.05 bits per heavy atom. The van der Waals surface area contributed by atoms with Crippen LogP contribution in [0.4, 0.5) is 10.1 Å². The van der Waals surface area contributed by atoms with Gasteiger partial charge in [-0.3, -0.25) is 0 Å². The van der Waals surface area contributed by atoms with Crippen molar-refractivity contribution in [2.75, 3.05) is 24.3 Å². The highest BCUT2D eigenvalue weighted by Gasteiger charge is 2.37. The summed E-state index contributed by atoms with van der Waals surface area (Å²) in [6, 6.07) is 1.59. The van der Waals surface area contributed by atoms with E-state index in [1.54, 1.807) is 0 Å². The van der Waals surface area contributed by atoms with Crippen LogP contribution >= 0.6 is 15.9 Å². The second-order valence-electron chi connectivity index (χ2n) is 4.89. The van der Waals surface area contributed by atoms with Gasteiger partial charge in [0, 0.05) is 18.8 Å². The van der Waals surface area contributed by atoms with Crippen molar-refractivity contribution in [3.05, 3.63) is 22.4 Å². The number of halogens is 2. The zero-order chi connectivity index (χ0) is 16.0. The molecule has 118 valence electrons. The maximum atomic E-state index is 14.1. The number of benzene rings is 1. The molecule has 0 amide bonds. The smallest absolute Gasteiger partial charge is 0.246 e. The molecule has 1 aromatic rings. The first-order valence-electron chi connectivity index (χ1n) is 5.97. The lowest BCUT2D eigenvalue weighted by Gasteiger charge is -2.23. The number of nitrogens with two attached hydrogens (primary N) is 1. The quantitative estimate of drug-likeness (QED) is 0.762. The molecule has 2 rings (SSSR count). The molecule has 0 bridgehead atoms. The van der Waals surface area contributed by atoms with Crippen molar-refractivity contribution >= 4 is 41.5 Å². The van der Waals surface area contributed by atoms with E-state index in [2.05, 4.69) is 15.9 Å². The summed E-state index contributed by atoms with van der Waals surface area (Å²) in [5.74, 6) is -1.27. The molecule has 0 aromatic heterocycles. The molecule has 0 radical (unpaired) electrons. The van der Waals surface area contributed by atoms with E-state index >= 15 is 0 Å². The minimum Gasteiger partial charge on any atom is -0.399 e. The fraction of sp³-hybridized carbons (Fsp3) is 0.455. The number of nitrogen functional groups attached to an aromatic ring is 1. The molecule has 2 N–H and O–H groups in total. The third kappa shape index (κ3) is 3.22. The monoisotopic (exact) mass is 400 g/mol. The van der Waals surface area contributed by atoms with E-state index in [4.69, 9.17) is 5.73 Å². The highest BCUT2D eigenvalue weighted by Crippen LogP contribution is 2.30. The summed E-state index contributed by atoms with van der Waals surface area (Å²) in [7, 11) is -6.16. The Morgan fingerprint density at radius 1 is 1.43 bits per heavy atom.